The maximum absolute atomic E-state index is 5.85. The van der Waals surface area contributed by atoms with Crippen molar-refractivity contribution in [2.24, 2.45) is 11.7 Å². The summed E-state index contributed by atoms with van der Waals surface area (Å²) in [4.78, 5) is 2.56. The second-order valence-electron chi connectivity index (χ2n) is 4.69. The van der Waals surface area contributed by atoms with E-state index in [0.717, 1.165) is 12.5 Å². The molecule has 0 aromatic rings. The molecule has 2 N–H and O–H groups in total. The molecule has 70 valence electrons. The first-order valence-corrected chi connectivity index (χ1v) is 5.20. The first-order valence-electron chi connectivity index (χ1n) is 5.20. The van der Waals surface area contributed by atoms with Crippen LogP contribution in [0.5, 0.6) is 0 Å². The van der Waals surface area contributed by atoms with E-state index in [-0.39, 0.29) is 0 Å². The highest BCUT2D eigenvalue weighted by atomic mass is 15.2. The van der Waals surface area contributed by atoms with E-state index in [2.05, 4.69) is 11.8 Å². The molecule has 1 unspecified atom stereocenters. The molecular weight excluding hydrogens is 148 g/mol. The van der Waals surface area contributed by atoms with E-state index in [0.29, 0.717) is 5.54 Å². The predicted molar refractivity (Wildman–Crippen MR) is 51.0 cm³/mol. The number of likely N-dealkylation sites (tertiary alicyclic amines) is 1. The Labute approximate surface area is 75.1 Å². The van der Waals surface area contributed by atoms with Crippen LogP contribution in [0.1, 0.15) is 32.6 Å². The van der Waals surface area contributed by atoms with Crippen molar-refractivity contribution in [1.82, 2.24) is 4.90 Å². The third kappa shape index (κ3) is 1.50. The molecule has 1 saturated carbocycles. The Bertz CT molecular complexity index is 161. The molecule has 1 heterocycles. The normalized spacial score (nSPS) is 29.5. The van der Waals surface area contributed by atoms with Gasteiger partial charge in [0.15, 0.2) is 0 Å². The van der Waals surface area contributed by atoms with E-state index < -0.39 is 0 Å². The van der Waals surface area contributed by atoms with E-state index in [1.165, 1.54) is 38.8 Å². The van der Waals surface area contributed by atoms with Gasteiger partial charge in [0.05, 0.1) is 0 Å². The van der Waals surface area contributed by atoms with Crippen LogP contribution in [0.3, 0.4) is 0 Å². The van der Waals surface area contributed by atoms with Gasteiger partial charge in [0, 0.05) is 12.1 Å². The molecule has 2 fully saturated rings. The second-order valence-corrected chi connectivity index (χ2v) is 4.69. The van der Waals surface area contributed by atoms with E-state index in [1.807, 2.05) is 0 Å². The molecule has 0 bridgehead atoms. The number of rotatable bonds is 4. The van der Waals surface area contributed by atoms with Crippen molar-refractivity contribution in [3.8, 4) is 0 Å². The van der Waals surface area contributed by atoms with E-state index in [4.69, 9.17) is 5.73 Å². The van der Waals surface area contributed by atoms with Crippen LogP contribution in [0.4, 0.5) is 0 Å². The van der Waals surface area contributed by atoms with Gasteiger partial charge in [-0.25, -0.2) is 0 Å². The third-order valence-electron chi connectivity index (χ3n) is 3.48. The maximum Gasteiger partial charge on any atom is 0.0306 e. The molecule has 0 aromatic heterocycles. The molecule has 1 aliphatic heterocycles. The highest BCUT2D eigenvalue weighted by molar-refractivity contribution is 4.95. The molecule has 0 radical (unpaired) electrons. The molecule has 1 aliphatic carbocycles. The molecule has 1 atom stereocenters. The Hall–Kier alpha value is -0.0800. The Balaban J connectivity index is 1.90. The number of nitrogens with zero attached hydrogens (tertiary/aromatic N) is 1. The third-order valence-corrected chi connectivity index (χ3v) is 3.48. The average Bonchev–Trinajstić information content (AvgIpc) is 2.67. The fraction of sp³-hybridized carbons (Fsp3) is 1.00. The Morgan fingerprint density at radius 1 is 1.42 bits per heavy atom. The summed E-state index contributed by atoms with van der Waals surface area (Å²) in [5.74, 6) is 0.999. The minimum atomic E-state index is 0.333. The summed E-state index contributed by atoms with van der Waals surface area (Å²) in [7, 11) is 0. The van der Waals surface area contributed by atoms with Gasteiger partial charge in [-0.1, -0.05) is 12.8 Å². The zero-order valence-corrected chi connectivity index (χ0v) is 8.05. The maximum atomic E-state index is 5.85. The number of nitrogens with two attached hydrogens (primary N) is 1. The average molecular weight is 168 g/mol. The van der Waals surface area contributed by atoms with Gasteiger partial charge < -0.3 is 5.73 Å². The van der Waals surface area contributed by atoms with Gasteiger partial charge in [0.2, 0.25) is 0 Å². The van der Waals surface area contributed by atoms with E-state index >= 15 is 0 Å². The van der Waals surface area contributed by atoms with Crippen LogP contribution in [0.15, 0.2) is 0 Å². The summed E-state index contributed by atoms with van der Waals surface area (Å²) < 4.78 is 0. The number of hydrogen-bond acceptors (Lipinski definition) is 2. The topological polar surface area (TPSA) is 29.3 Å². The number of hydrogen-bond donors (Lipinski definition) is 1. The summed E-state index contributed by atoms with van der Waals surface area (Å²) in [5.41, 5.74) is 6.18. The lowest BCUT2D eigenvalue weighted by molar-refractivity contribution is 0.0375. The van der Waals surface area contributed by atoms with Gasteiger partial charge in [-0.3, -0.25) is 4.90 Å². The molecule has 2 aliphatic rings. The van der Waals surface area contributed by atoms with Gasteiger partial charge in [-0.15, -0.1) is 0 Å². The van der Waals surface area contributed by atoms with Crippen LogP contribution in [0, 0.1) is 5.92 Å². The van der Waals surface area contributed by atoms with Crippen molar-refractivity contribution in [3.63, 3.8) is 0 Å². The van der Waals surface area contributed by atoms with Crippen molar-refractivity contribution in [2.75, 3.05) is 19.6 Å². The van der Waals surface area contributed by atoms with Crippen LogP contribution in [-0.4, -0.2) is 30.1 Å². The molecular formula is C10H20N2. The van der Waals surface area contributed by atoms with Gasteiger partial charge in [-0.05, 0) is 38.8 Å². The molecule has 2 heteroatoms. The minimum absolute atomic E-state index is 0.333. The van der Waals surface area contributed by atoms with Crippen LogP contribution >= 0.6 is 0 Å². The lowest BCUT2D eigenvalue weighted by Crippen LogP contribution is -2.57. The second kappa shape index (κ2) is 3.00. The fourth-order valence-corrected chi connectivity index (χ4v) is 2.14. The van der Waals surface area contributed by atoms with Gasteiger partial charge in [0.25, 0.3) is 0 Å². The van der Waals surface area contributed by atoms with Crippen LogP contribution in [0.2, 0.25) is 0 Å². The predicted octanol–water partition coefficient (Wildman–Crippen LogP) is 1.21. The SMILES string of the molecule is CC(CN)(CC1CC1)N1CCC1. The van der Waals surface area contributed by atoms with Crippen molar-refractivity contribution in [3.05, 3.63) is 0 Å². The Morgan fingerprint density at radius 3 is 2.42 bits per heavy atom. The van der Waals surface area contributed by atoms with Crippen molar-refractivity contribution < 1.29 is 0 Å². The fourth-order valence-electron chi connectivity index (χ4n) is 2.14. The molecule has 2 nitrogen and oxygen atoms in total. The minimum Gasteiger partial charge on any atom is -0.329 e. The van der Waals surface area contributed by atoms with Crippen molar-refractivity contribution in [2.45, 2.75) is 38.1 Å². The standard InChI is InChI=1S/C10H20N2/c1-10(8-11,7-9-3-4-9)12-5-2-6-12/h9H,2-8,11H2,1H3. The molecule has 0 aromatic carbocycles. The summed E-state index contributed by atoms with van der Waals surface area (Å²) in [6.45, 7) is 5.73. The lowest BCUT2D eigenvalue weighted by atomic mass is 9.90. The summed E-state index contributed by atoms with van der Waals surface area (Å²) in [6, 6.07) is 0. The monoisotopic (exact) mass is 168 g/mol. The van der Waals surface area contributed by atoms with Gasteiger partial charge >= 0.3 is 0 Å². The molecule has 12 heavy (non-hydrogen) atoms. The zero-order valence-electron chi connectivity index (χ0n) is 8.05. The van der Waals surface area contributed by atoms with E-state index in [1.54, 1.807) is 0 Å². The largest absolute Gasteiger partial charge is 0.329 e. The van der Waals surface area contributed by atoms with Crippen LogP contribution in [-0.2, 0) is 0 Å². The van der Waals surface area contributed by atoms with Crippen molar-refractivity contribution >= 4 is 0 Å². The summed E-state index contributed by atoms with van der Waals surface area (Å²) >= 11 is 0. The summed E-state index contributed by atoms with van der Waals surface area (Å²) in [5, 5.41) is 0. The first kappa shape index (κ1) is 8.52. The van der Waals surface area contributed by atoms with Gasteiger partial charge in [-0.2, -0.15) is 0 Å². The highest BCUT2D eigenvalue weighted by Crippen LogP contribution is 2.39. The van der Waals surface area contributed by atoms with E-state index in [9.17, 15) is 0 Å². The van der Waals surface area contributed by atoms with Gasteiger partial charge in [0.1, 0.15) is 0 Å². The first-order chi connectivity index (χ1) is 5.74. The molecule has 1 saturated heterocycles. The van der Waals surface area contributed by atoms with Crippen molar-refractivity contribution in [1.29, 1.82) is 0 Å². The lowest BCUT2D eigenvalue weighted by Gasteiger charge is -2.46. The van der Waals surface area contributed by atoms with Crippen LogP contribution < -0.4 is 5.73 Å². The smallest absolute Gasteiger partial charge is 0.0306 e. The molecule has 0 spiro atoms. The summed E-state index contributed by atoms with van der Waals surface area (Å²) in [6.07, 6.45) is 5.61. The molecule has 0 amide bonds. The Morgan fingerprint density at radius 2 is 2.08 bits per heavy atom. The van der Waals surface area contributed by atoms with Crippen LogP contribution in [0.25, 0.3) is 0 Å². The highest BCUT2D eigenvalue weighted by Gasteiger charge is 2.38. The molecule has 2 rings (SSSR count). The Kier molecular flexibility index (Phi) is 2.13. The quantitative estimate of drug-likeness (QED) is 0.683. The zero-order chi connectivity index (χ0) is 8.60.